The number of fused-ring (bicyclic) bond motifs is 1. The lowest BCUT2D eigenvalue weighted by atomic mass is 9.93. The highest BCUT2D eigenvalue weighted by atomic mass is 16.5. The highest BCUT2D eigenvalue weighted by Gasteiger charge is 2.21. The van der Waals surface area contributed by atoms with Gasteiger partial charge in [0, 0.05) is 31.9 Å². The van der Waals surface area contributed by atoms with Crippen LogP contribution in [0.2, 0.25) is 0 Å². The van der Waals surface area contributed by atoms with Crippen LogP contribution >= 0.6 is 0 Å². The molecule has 2 N–H and O–H groups in total. The molecular weight excluding hydrogens is 362 g/mol. The summed E-state index contributed by atoms with van der Waals surface area (Å²) in [5.74, 6) is 2.21. The van der Waals surface area contributed by atoms with Crippen LogP contribution in [-0.2, 0) is 0 Å². The smallest absolute Gasteiger partial charge is 0.191 e. The van der Waals surface area contributed by atoms with E-state index in [2.05, 4.69) is 64.0 Å². The number of nitrogens with zero attached hydrogens (tertiary/aromatic N) is 3. The molecule has 3 aromatic rings. The van der Waals surface area contributed by atoms with Crippen molar-refractivity contribution in [1.29, 1.82) is 0 Å². The Morgan fingerprint density at radius 3 is 2.97 bits per heavy atom. The largest absolute Gasteiger partial charge is 0.493 e. The third-order valence-electron chi connectivity index (χ3n) is 5.31. The second-order valence-corrected chi connectivity index (χ2v) is 7.24. The summed E-state index contributed by atoms with van der Waals surface area (Å²) in [6.07, 6.45) is 4.74. The van der Waals surface area contributed by atoms with E-state index < -0.39 is 0 Å². The Labute approximate surface area is 171 Å². The van der Waals surface area contributed by atoms with Crippen molar-refractivity contribution < 1.29 is 4.74 Å². The minimum atomic E-state index is 0.110. The molecule has 2 atom stereocenters. The van der Waals surface area contributed by atoms with Crippen LogP contribution in [-0.4, -0.2) is 35.9 Å². The zero-order valence-electron chi connectivity index (χ0n) is 16.9. The zero-order chi connectivity index (χ0) is 20.1. The first kappa shape index (κ1) is 19.1. The maximum absolute atomic E-state index is 5.77. The van der Waals surface area contributed by atoms with Crippen LogP contribution in [0, 0.1) is 0 Å². The van der Waals surface area contributed by atoms with E-state index in [1.165, 1.54) is 11.1 Å². The van der Waals surface area contributed by atoms with E-state index in [0.717, 1.165) is 37.0 Å². The van der Waals surface area contributed by atoms with E-state index in [1.54, 1.807) is 13.2 Å². The summed E-state index contributed by atoms with van der Waals surface area (Å²) in [4.78, 5) is 4.41. The average molecular weight is 390 g/mol. The van der Waals surface area contributed by atoms with Crippen LogP contribution in [0.5, 0.6) is 5.75 Å². The van der Waals surface area contributed by atoms with E-state index >= 15 is 0 Å². The lowest BCUT2D eigenvalue weighted by molar-refractivity contribution is 0.267. The molecular formula is C23H27N5O. The summed E-state index contributed by atoms with van der Waals surface area (Å²) in [5, 5.41) is 11.3. The third kappa shape index (κ3) is 4.42. The molecule has 0 saturated heterocycles. The molecule has 1 aromatic heterocycles. The molecule has 1 aliphatic heterocycles. The number of rotatable bonds is 5. The SMILES string of the molecule is CN=C(NCC1CCOc2ccccc21)NC(C)c1cccc(-n2cccn2)c1. The lowest BCUT2D eigenvalue weighted by Crippen LogP contribution is -2.41. The Morgan fingerprint density at radius 2 is 2.14 bits per heavy atom. The number of para-hydroxylation sites is 1. The fourth-order valence-corrected chi connectivity index (χ4v) is 3.69. The second kappa shape index (κ2) is 8.82. The molecule has 0 fully saturated rings. The third-order valence-corrected chi connectivity index (χ3v) is 5.31. The molecule has 4 rings (SSSR count). The van der Waals surface area contributed by atoms with Crippen LogP contribution < -0.4 is 15.4 Å². The number of guanidine groups is 1. The van der Waals surface area contributed by atoms with Crippen molar-refractivity contribution in [2.24, 2.45) is 4.99 Å². The number of aromatic nitrogens is 2. The summed E-state index contributed by atoms with van der Waals surface area (Å²) < 4.78 is 7.64. The number of benzene rings is 2. The molecule has 0 bridgehead atoms. The maximum Gasteiger partial charge on any atom is 0.191 e. The van der Waals surface area contributed by atoms with Crippen molar-refractivity contribution in [1.82, 2.24) is 20.4 Å². The minimum Gasteiger partial charge on any atom is -0.493 e. The summed E-state index contributed by atoms with van der Waals surface area (Å²) >= 11 is 0. The first-order valence-electron chi connectivity index (χ1n) is 10.0. The van der Waals surface area contributed by atoms with Gasteiger partial charge in [-0.1, -0.05) is 30.3 Å². The van der Waals surface area contributed by atoms with Crippen LogP contribution in [0.3, 0.4) is 0 Å². The van der Waals surface area contributed by atoms with Gasteiger partial charge in [0.2, 0.25) is 0 Å². The summed E-state index contributed by atoms with van der Waals surface area (Å²) in [6.45, 7) is 3.71. The Kier molecular flexibility index (Phi) is 5.79. The first-order chi connectivity index (χ1) is 14.2. The van der Waals surface area contributed by atoms with Gasteiger partial charge in [-0.25, -0.2) is 4.68 Å². The van der Waals surface area contributed by atoms with E-state index in [1.807, 2.05) is 29.1 Å². The van der Waals surface area contributed by atoms with Crippen molar-refractivity contribution >= 4 is 5.96 Å². The highest BCUT2D eigenvalue weighted by molar-refractivity contribution is 5.80. The predicted octanol–water partition coefficient (Wildman–Crippen LogP) is 3.66. The average Bonchev–Trinajstić information content (AvgIpc) is 3.31. The number of hydrogen-bond acceptors (Lipinski definition) is 3. The maximum atomic E-state index is 5.77. The van der Waals surface area contributed by atoms with Crippen molar-refractivity contribution in [3.05, 3.63) is 78.1 Å². The van der Waals surface area contributed by atoms with Gasteiger partial charge in [0.25, 0.3) is 0 Å². The normalized spacial score (nSPS) is 17.2. The standard InChI is InChI=1S/C23H27N5O/c1-17(18-7-5-8-20(15-18)28-13-6-12-26-28)27-23(24-2)25-16-19-11-14-29-22-10-4-3-9-21(19)22/h3-10,12-13,15,17,19H,11,14,16H2,1-2H3,(H2,24,25,27). The van der Waals surface area contributed by atoms with Gasteiger partial charge in [-0.2, -0.15) is 5.10 Å². The fraction of sp³-hybridized carbons (Fsp3) is 0.304. The van der Waals surface area contributed by atoms with Crippen molar-refractivity contribution in [3.63, 3.8) is 0 Å². The molecule has 2 aromatic carbocycles. The van der Waals surface area contributed by atoms with E-state index in [0.29, 0.717) is 5.92 Å². The molecule has 150 valence electrons. The molecule has 2 heterocycles. The Bertz CT molecular complexity index is 967. The van der Waals surface area contributed by atoms with Gasteiger partial charge in [-0.05, 0) is 48.7 Å². The van der Waals surface area contributed by atoms with Gasteiger partial charge < -0.3 is 15.4 Å². The Balaban J connectivity index is 1.39. The number of nitrogens with one attached hydrogen (secondary N) is 2. The quantitative estimate of drug-likeness (QED) is 0.516. The Morgan fingerprint density at radius 1 is 1.24 bits per heavy atom. The number of ether oxygens (including phenoxy) is 1. The molecule has 2 unspecified atom stereocenters. The van der Waals surface area contributed by atoms with Crippen molar-refractivity contribution in [3.8, 4) is 11.4 Å². The fourth-order valence-electron chi connectivity index (χ4n) is 3.69. The topological polar surface area (TPSA) is 63.5 Å². The van der Waals surface area contributed by atoms with Gasteiger partial charge >= 0.3 is 0 Å². The monoisotopic (exact) mass is 389 g/mol. The van der Waals surface area contributed by atoms with Crippen molar-refractivity contribution in [2.45, 2.75) is 25.3 Å². The molecule has 1 aliphatic rings. The minimum absolute atomic E-state index is 0.110. The molecule has 0 spiro atoms. The summed E-state index contributed by atoms with van der Waals surface area (Å²) in [7, 11) is 1.81. The molecule has 0 radical (unpaired) electrons. The first-order valence-corrected chi connectivity index (χ1v) is 10.0. The van der Waals surface area contributed by atoms with Crippen LogP contribution in [0.15, 0.2) is 72.0 Å². The molecule has 0 saturated carbocycles. The van der Waals surface area contributed by atoms with Gasteiger partial charge in [0.1, 0.15) is 5.75 Å². The van der Waals surface area contributed by atoms with Gasteiger partial charge in [0.15, 0.2) is 5.96 Å². The summed E-state index contributed by atoms with van der Waals surface area (Å²) in [6, 6.07) is 18.7. The molecule has 0 amide bonds. The van der Waals surface area contributed by atoms with Gasteiger partial charge in [0.05, 0.1) is 18.3 Å². The lowest BCUT2D eigenvalue weighted by Gasteiger charge is -2.27. The van der Waals surface area contributed by atoms with Gasteiger partial charge in [-0.15, -0.1) is 0 Å². The molecule has 29 heavy (non-hydrogen) atoms. The highest BCUT2D eigenvalue weighted by Crippen LogP contribution is 2.32. The van der Waals surface area contributed by atoms with Gasteiger partial charge in [-0.3, -0.25) is 4.99 Å². The molecule has 0 aliphatic carbocycles. The number of hydrogen-bond donors (Lipinski definition) is 2. The second-order valence-electron chi connectivity index (χ2n) is 7.24. The summed E-state index contributed by atoms with van der Waals surface area (Å²) in [5.41, 5.74) is 3.49. The van der Waals surface area contributed by atoms with E-state index in [9.17, 15) is 0 Å². The molecule has 6 nitrogen and oxygen atoms in total. The number of aliphatic imine (C=N–C) groups is 1. The van der Waals surface area contributed by atoms with Crippen molar-refractivity contribution in [2.75, 3.05) is 20.2 Å². The van der Waals surface area contributed by atoms with Crippen LogP contribution in [0.4, 0.5) is 0 Å². The van der Waals surface area contributed by atoms with Crippen LogP contribution in [0.25, 0.3) is 5.69 Å². The molecule has 6 heteroatoms. The van der Waals surface area contributed by atoms with E-state index in [-0.39, 0.29) is 6.04 Å². The zero-order valence-corrected chi connectivity index (χ0v) is 16.9. The van der Waals surface area contributed by atoms with Crippen LogP contribution in [0.1, 0.15) is 36.4 Å². The Hall–Kier alpha value is -3.28. The van der Waals surface area contributed by atoms with E-state index in [4.69, 9.17) is 4.74 Å². The predicted molar refractivity (Wildman–Crippen MR) is 116 cm³/mol.